The van der Waals surface area contributed by atoms with Gasteiger partial charge >= 0.3 is 0 Å². The van der Waals surface area contributed by atoms with Crippen molar-refractivity contribution in [2.45, 2.75) is 13.0 Å². The van der Waals surface area contributed by atoms with Gasteiger partial charge in [-0.05, 0) is 26.1 Å². The summed E-state index contributed by atoms with van der Waals surface area (Å²) in [6.45, 7) is 2.57. The van der Waals surface area contributed by atoms with Gasteiger partial charge in [-0.25, -0.2) is 9.97 Å². The molecule has 1 amide bonds. The zero-order valence-corrected chi connectivity index (χ0v) is 15.3. The molecule has 1 aliphatic rings. The Labute approximate surface area is 151 Å². The minimum absolute atomic E-state index is 0.0506. The van der Waals surface area contributed by atoms with Gasteiger partial charge < -0.3 is 20.2 Å². The van der Waals surface area contributed by atoms with Gasteiger partial charge in [0.2, 0.25) is 5.91 Å². The van der Waals surface area contributed by atoms with E-state index >= 15 is 0 Å². The molecule has 3 heterocycles. The summed E-state index contributed by atoms with van der Waals surface area (Å²) in [6.07, 6.45) is 5.89. The Hall–Kier alpha value is -2.03. The molecule has 0 bridgehead atoms. The predicted octanol–water partition coefficient (Wildman–Crippen LogP) is 1.10. The molecule has 0 aromatic carbocycles. The number of fused-ring (bicyclic) bond motifs is 3. The topological polar surface area (TPSA) is 81.6 Å². The van der Waals surface area contributed by atoms with Gasteiger partial charge in [-0.3, -0.25) is 4.79 Å². The third-order valence-corrected chi connectivity index (χ3v) is 5.21. The number of hydrogen-bond donors (Lipinski definition) is 2. The maximum absolute atomic E-state index is 12.4. The Bertz CT molecular complexity index is 787. The molecule has 0 fully saturated rings. The molecule has 0 atom stereocenters. The number of nitrogens with one attached hydrogen (secondary N) is 1. The molecule has 2 aromatic rings. The van der Waals surface area contributed by atoms with Crippen LogP contribution in [0.15, 0.2) is 18.5 Å². The smallest absolute Gasteiger partial charge is 0.246 e. The normalized spacial score (nSPS) is 14.5. The zero-order chi connectivity index (χ0) is 17.8. The molecule has 0 radical (unpaired) electrons. The second kappa shape index (κ2) is 7.90. The summed E-state index contributed by atoms with van der Waals surface area (Å²) in [5, 5.41) is 13.2. The monoisotopic (exact) mass is 361 g/mol. The van der Waals surface area contributed by atoms with Crippen molar-refractivity contribution in [2.75, 3.05) is 45.7 Å². The molecule has 1 aliphatic heterocycles. The van der Waals surface area contributed by atoms with Crippen LogP contribution in [0.1, 0.15) is 10.4 Å². The van der Waals surface area contributed by atoms with Crippen molar-refractivity contribution in [3.63, 3.8) is 0 Å². The summed E-state index contributed by atoms with van der Waals surface area (Å²) in [6, 6.07) is 0. The maximum atomic E-state index is 12.4. The van der Waals surface area contributed by atoms with Gasteiger partial charge in [0.25, 0.3) is 0 Å². The first-order valence-electron chi connectivity index (χ1n) is 8.30. The first-order chi connectivity index (χ1) is 12.1. The number of aliphatic hydroxyl groups is 1. The van der Waals surface area contributed by atoms with Crippen LogP contribution in [0, 0.1) is 0 Å². The lowest BCUT2D eigenvalue weighted by molar-refractivity contribution is -0.126. The van der Waals surface area contributed by atoms with E-state index in [0.29, 0.717) is 19.6 Å². The average Bonchev–Trinajstić information content (AvgIpc) is 2.97. The van der Waals surface area contributed by atoms with Crippen LogP contribution < -0.4 is 5.32 Å². The molecule has 134 valence electrons. The molecule has 0 unspecified atom stereocenters. The number of amides is 1. The summed E-state index contributed by atoms with van der Waals surface area (Å²) in [5.74, 6) is 0.817. The number of aromatic nitrogens is 2. The molecule has 2 aromatic heterocycles. The Kier molecular flexibility index (Phi) is 5.62. The van der Waals surface area contributed by atoms with Gasteiger partial charge in [0.05, 0.1) is 18.5 Å². The van der Waals surface area contributed by atoms with E-state index in [2.05, 4.69) is 15.3 Å². The molecule has 25 heavy (non-hydrogen) atoms. The Morgan fingerprint density at radius 2 is 2.32 bits per heavy atom. The molecule has 2 N–H and O–H groups in total. The van der Waals surface area contributed by atoms with Crippen LogP contribution in [0.2, 0.25) is 0 Å². The highest BCUT2D eigenvalue weighted by Crippen LogP contribution is 2.37. The van der Waals surface area contributed by atoms with E-state index in [1.54, 1.807) is 17.4 Å². The van der Waals surface area contributed by atoms with Crippen LogP contribution in [0.5, 0.6) is 0 Å². The molecule has 0 saturated heterocycles. The lowest BCUT2D eigenvalue weighted by Gasteiger charge is -2.26. The number of anilines is 1. The number of aliphatic hydroxyl groups excluding tert-OH is 1. The number of rotatable bonds is 6. The molecule has 0 spiro atoms. The fourth-order valence-electron chi connectivity index (χ4n) is 2.89. The lowest BCUT2D eigenvalue weighted by Crippen LogP contribution is -2.34. The van der Waals surface area contributed by atoms with Crippen LogP contribution in [0.25, 0.3) is 10.2 Å². The first-order valence-corrected chi connectivity index (χ1v) is 9.12. The van der Waals surface area contributed by atoms with Crippen molar-refractivity contribution in [3.05, 3.63) is 28.9 Å². The maximum Gasteiger partial charge on any atom is 0.246 e. The summed E-state index contributed by atoms with van der Waals surface area (Å²) < 4.78 is 0. The molecule has 0 aliphatic carbocycles. The van der Waals surface area contributed by atoms with Gasteiger partial charge in [-0.15, -0.1) is 11.3 Å². The summed E-state index contributed by atoms with van der Waals surface area (Å²) >= 11 is 1.62. The van der Waals surface area contributed by atoms with E-state index in [1.165, 1.54) is 16.8 Å². The van der Waals surface area contributed by atoms with Crippen molar-refractivity contribution in [1.29, 1.82) is 0 Å². The SMILES string of the molecule is CN(C)C/C=C/C(=O)N1CCc2c(sc3ncnc(NCCO)c23)C1. The van der Waals surface area contributed by atoms with Crippen LogP contribution in [-0.4, -0.2) is 71.1 Å². The van der Waals surface area contributed by atoms with Crippen molar-refractivity contribution in [2.24, 2.45) is 0 Å². The van der Waals surface area contributed by atoms with E-state index in [0.717, 1.165) is 29.0 Å². The Morgan fingerprint density at radius 3 is 3.08 bits per heavy atom. The van der Waals surface area contributed by atoms with E-state index < -0.39 is 0 Å². The second-order valence-corrected chi connectivity index (χ2v) is 7.31. The second-order valence-electron chi connectivity index (χ2n) is 6.23. The Morgan fingerprint density at radius 1 is 1.48 bits per heavy atom. The molecule has 8 heteroatoms. The molecule has 3 rings (SSSR count). The van der Waals surface area contributed by atoms with E-state index in [4.69, 9.17) is 5.11 Å². The largest absolute Gasteiger partial charge is 0.395 e. The van der Waals surface area contributed by atoms with Crippen molar-refractivity contribution in [3.8, 4) is 0 Å². The summed E-state index contributed by atoms with van der Waals surface area (Å²) in [5.41, 5.74) is 1.22. The molecule has 7 nitrogen and oxygen atoms in total. The van der Waals surface area contributed by atoms with Crippen molar-refractivity contribution >= 4 is 33.3 Å². The van der Waals surface area contributed by atoms with Crippen LogP contribution >= 0.6 is 11.3 Å². The van der Waals surface area contributed by atoms with Gasteiger partial charge in [0, 0.05) is 30.6 Å². The van der Waals surface area contributed by atoms with Crippen molar-refractivity contribution < 1.29 is 9.90 Å². The predicted molar refractivity (Wildman–Crippen MR) is 99.8 cm³/mol. The fraction of sp³-hybridized carbons (Fsp3) is 0.471. The fourth-order valence-corrected chi connectivity index (χ4v) is 4.10. The van der Waals surface area contributed by atoms with E-state index in [1.807, 2.05) is 30.0 Å². The summed E-state index contributed by atoms with van der Waals surface area (Å²) in [4.78, 5) is 27.0. The average molecular weight is 361 g/mol. The molecular formula is C17H23N5O2S. The zero-order valence-electron chi connectivity index (χ0n) is 14.5. The number of nitrogens with zero attached hydrogens (tertiary/aromatic N) is 4. The minimum atomic E-state index is 0.0506. The highest BCUT2D eigenvalue weighted by Gasteiger charge is 2.25. The number of thiophene rings is 1. The quantitative estimate of drug-likeness (QED) is 0.750. The van der Waals surface area contributed by atoms with Gasteiger partial charge in [0.15, 0.2) is 0 Å². The minimum Gasteiger partial charge on any atom is -0.395 e. The van der Waals surface area contributed by atoms with Crippen LogP contribution in [0.4, 0.5) is 5.82 Å². The van der Waals surface area contributed by atoms with Crippen LogP contribution in [0.3, 0.4) is 0 Å². The molecule has 0 saturated carbocycles. The first kappa shape index (κ1) is 17.8. The number of hydrogen-bond acceptors (Lipinski definition) is 7. The Balaban J connectivity index is 1.80. The van der Waals surface area contributed by atoms with Gasteiger partial charge in [-0.1, -0.05) is 6.08 Å². The number of likely N-dealkylation sites (N-methyl/N-ethyl adjacent to an activating group) is 1. The van der Waals surface area contributed by atoms with Gasteiger partial charge in [-0.2, -0.15) is 0 Å². The van der Waals surface area contributed by atoms with Crippen LogP contribution in [-0.2, 0) is 17.8 Å². The van der Waals surface area contributed by atoms with Gasteiger partial charge in [0.1, 0.15) is 17.0 Å². The van der Waals surface area contributed by atoms with E-state index in [-0.39, 0.29) is 12.5 Å². The standard InChI is InChI=1S/C17H23N5O2S/c1-21(2)7-3-4-14(24)22-8-5-12-13(10-22)25-17-15(12)16(18-6-9-23)19-11-20-17/h3-4,11,23H,5-10H2,1-2H3,(H,18,19,20)/b4-3+. The van der Waals surface area contributed by atoms with E-state index in [9.17, 15) is 4.79 Å². The number of carbonyl (C=O) groups excluding carboxylic acids is 1. The van der Waals surface area contributed by atoms with Crippen molar-refractivity contribution in [1.82, 2.24) is 19.8 Å². The summed E-state index contributed by atoms with van der Waals surface area (Å²) in [7, 11) is 3.95. The molecular weight excluding hydrogens is 338 g/mol. The number of carbonyl (C=O) groups is 1. The third kappa shape index (κ3) is 3.97. The highest BCUT2D eigenvalue weighted by molar-refractivity contribution is 7.19. The third-order valence-electron chi connectivity index (χ3n) is 4.08. The highest BCUT2D eigenvalue weighted by atomic mass is 32.1. The lowest BCUT2D eigenvalue weighted by atomic mass is 10.0.